The number of amides is 2. The topological polar surface area (TPSA) is 62.3 Å². The van der Waals surface area contributed by atoms with Crippen LogP contribution < -0.4 is 5.32 Å². The van der Waals surface area contributed by atoms with Crippen molar-refractivity contribution in [3.63, 3.8) is 0 Å². The number of pyridine rings is 1. The van der Waals surface area contributed by atoms with Crippen molar-refractivity contribution in [3.05, 3.63) is 30.1 Å². The van der Waals surface area contributed by atoms with Gasteiger partial charge in [0.2, 0.25) is 11.8 Å². The van der Waals surface area contributed by atoms with E-state index in [2.05, 4.69) is 10.3 Å². The third-order valence-electron chi connectivity index (χ3n) is 4.88. The van der Waals surface area contributed by atoms with Gasteiger partial charge >= 0.3 is 0 Å². The molecule has 1 aromatic rings. The zero-order chi connectivity index (χ0) is 16.1. The van der Waals surface area contributed by atoms with Crippen LogP contribution in [-0.4, -0.2) is 40.3 Å². The normalized spacial score (nSPS) is 22.9. The van der Waals surface area contributed by atoms with Gasteiger partial charge in [-0.25, -0.2) is 0 Å². The summed E-state index contributed by atoms with van der Waals surface area (Å²) < 4.78 is 0. The van der Waals surface area contributed by atoms with E-state index in [1.165, 1.54) is 25.7 Å². The van der Waals surface area contributed by atoms with Gasteiger partial charge in [-0.15, -0.1) is 0 Å². The molecule has 1 N–H and O–H groups in total. The summed E-state index contributed by atoms with van der Waals surface area (Å²) in [5.74, 6) is 0.169. The maximum Gasteiger partial charge on any atom is 0.225 e. The molecule has 1 atom stereocenters. The van der Waals surface area contributed by atoms with Gasteiger partial charge in [-0.1, -0.05) is 31.7 Å². The Labute approximate surface area is 137 Å². The number of aromatic nitrogens is 1. The second kappa shape index (κ2) is 7.57. The third-order valence-corrected chi connectivity index (χ3v) is 4.88. The summed E-state index contributed by atoms with van der Waals surface area (Å²) in [6.45, 7) is 0.669. The standard InChI is InChI=1S/C18H25N3O2/c22-17(10-14-6-5-9-19-12-14)20-15-11-18(23)21(13-15)16-7-3-1-2-4-8-16/h5-6,9,12,15-16H,1-4,7-8,10-11,13H2,(H,20,22). The first-order chi connectivity index (χ1) is 11.2. The van der Waals surface area contributed by atoms with Gasteiger partial charge in [-0.2, -0.15) is 0 Å². The molecular formula is C18H25N3O2. The van der Waals surface area contributed by atoms with Crippen molar-refractivity contribution in [3.8, 4) is 0 Å². The van der Waals surface area contributed by atoms with Crippen LogP contribution in [0.1, 0.15) is 50.5 Å². The van der Waals surface area contributed by atoms with Crippen LogP contribution in [0.2, 0.25) is 0 Å². The Bertz CT molecular complexity index is 538. The molecule has 1 saturated heterocycles. The summed E-state index contributed by atoms with van der Waals surface area (Å²) >= 11 is 0. The molecule has 2 fully saturated rings. The summed E-state index contributed by atoms with van der Waals surface area (Å²) in [6, 6.07) is 4.06. The summed E-state index contributed by atoms with van der Waals surface area (Å²) in [7, 11) is 0. The van der Waals surface area contributed by atoms with Crippen molar-refractivity contribution < 1.29 is 9.59 Å². The Balaban J connectivity index is 1.51. The number of carbonyl (C=O) groups excluding carboxylic acids is 2. The quantitative estimate of drug-likeness (QED) is 0.865. The molecule has 1 unspecified atom stereocenters. The van der Waals surface area contributed by atoms with Gasteiger partial charge in [-0.05, 0) is 24.5 Å². The molecule has 1 aliphatic carbocycles. The molecule has 23 heavy (non-hydrogen) atoms. The Kier molecular flexibility index (Phi) is 5.26. The number of rotatable bonds is 4. The van der Waals surface area contributed by atoms with E-state index in [-0.39, 0.29) is 17.9 Å². The predicted molar refractivity (Wildman–Crippen MR) is 87.7 cm³/mol. The van der Waals surface area contributed by atoms with E-state index in [0.29, 0.717) is 25.4 Å². The molecule has 2 aliphatic rings. The Hall–Kier alpha value is -1.91. The van der Waals surface area contributed by atoms with E-state index in [4.69, 9.17) is 0 Å². The predicted octanol–water partition coefficient (Wildman–Crippen LogP) is 2.06. The van der Waals surface area contributed by atoms with Crippen molar-refractivity contribution in [2.45, 2.75) is 63.5 Å². The molecule has 3 rings (SSSR count). The minimum atomic E-state index is -0.0464. The van der Waals surface area contributed by atoms with Gasteiger partial charge in [0.05, 0.1) is 12.5 Å². The molecule has 1 aliphatic heterocycles. The SMILES string of the molecule is O=C(Cc1cccnc1)NC1CC(=O)N(C2CCCCCC2)C1. The Morgan fingerprint density at radius 2 is 2.04 bits per heavy atom. The van der Waals surface area contributed by atoms with E-state index in [0.717, 1.165) is 18.4 Å². The first-order valence-corrected chi connectivity index (χ1v) is 8.70. The van der Waals surface area contributed by atoms with E-state index < -0.39 is 0 Å². The highest BCUT2D eigenvalue weighted by molar-refractivity contribution is 5.83. The molecule has 1 aromatic heterocycles. The van der Waals surface area contributed by atoms with E-state index in [9.17, 15) is 9.59 Å². The molecule has 5 heteroatoms. The van der Waals surface area contributed by atoms with Gasteiger partial charge in [0.25, 0.3) is 0 Å². The molecular weight excluding hydrogens is 290 g/mol. The zero-order valence-electron chi connectivity index (χ0n) is 13.5. The summed E-state index contributed by atoms with van der Waals surface area (Å²) in [4.78, 5) is 30.5. The lowest BCUT2D eigenvalue weighted by Gasteiger charge is -2.27. The number of hydrogen-bond donors (Lipinski definition) is 1. The van der Waals surface area contributed by atoms with Gasteiger partial charge in [0.1, 0.15) is 0 Å². The second-order valence-electron chi connectivity index (χ2n) is 6.70. The first-order valence-electron chi connectivity index (χ1n) is 8.70. The minimum absolute atomic E-state index is 0.0292. The van der Waals surface area contributed by atoms with Crippen LogP contribution >= 0.6 is 0 Å². The monoisotopic (exact) mass is 315 g/mol. The molecule has 5 nitrogen and oxygen atoms in total. The number of nitrogens with one attached hydrogen (secondary N) is 1. The van der Waals surface area contributed by atoms with Crippen LogP contribution in [0.15, 0.2) is 24.5 Å². The van der Waals surface area contributed by atoms with Crippen LogP contribution in [-0.2, 0) is 16.0 Å². The van der Waals surface area contributed by atoms with Gasteiger partial charge in [-0.3, -0.25) is 14.6 Å². The van der Waals surface area contributed by atoms with Crippen LogP contribution in [0, 0.1) is 0 Å². The van der Waals surface area contributed by atoms with Crippen LogP contribution in [0.4, 0.5) is 0 Å². The zero-order valence-corrected chi connectivity index (χ0v) is 13.5. The average molecular weight is 315 g/mol. The maximum absolute atomic E-state index is 12.3. The summed E-state index contributed by atoms with van der Waals surface area (Å²) in [5, 5.41) is 3.01. The highest BCUT2D eigenvalue weighted by Gasteiger charge is 2.34. The molecule has 0 aromatic carbocycles. The summed E-state index contributed by atoms with van der Waals surface area (Å²) in [5.41, 5.74) is 0.898. The summed E-state index contributed by atoms with van der Waals surface area (Å²) in [6.07, 6.45) is 11.4. The molecule has 2 heterocycles. The van der Waals surface area contributed by atoms with Crippen LogP contribution in [0.25, 0.3) is 0 Å². The van der Waals surface area contributed by atoms with Gasteiger partial charge in [0, 0.05) is 31.4 Å². The number of carbonyl (C=O) groups is 2. The van der Waals surface area contributed by atoms with Gasteiger partial charge < -0.3 is 10.2 Å². The highest BCUT2D eigenvalue weighted by atomic mass is 16.2. The minimum Gasteiger partial charge on any atom is -0.351 e. The molecule has 0 spiro atoms. The lowest BCUT2D eigenvalue weighted by molar-refractivity contribution is -0.129. The Morgan fingerprint density at radius 1 is 1.26 bits per heavy atom. The van der Waals surface area contributed by atoms with Crippen molar-refractivity contribution in [2.75, 3.05) is 6.54 Å². The van der Waals surface area contributed by atoms with E-state index >= 15 is 0 Å². The lowest BCUT2D eigenvalue weighted by Crippen LogP contribution is -2.41. The average Bonchev–Trinajstić information content (AvgIpc) is 2.76. The fourth-order valence-electron chi connectivity index (χ4n) is 3.72. The highest BCUT2D eigenvalue weighted by Crippen LogP contribution is 2.25. The molecule has 0 bridgehead atoms. The van der Waals surface area contributed by atoms with Crippen molar-refractivity contribution >= 4 is 11.8 Å². The van der Waals surface area contributed by atoms with Gasteiger partial charge in [0.15, 0.2) is 0 Å². The third kappa shape index (κ3) is 4.30. The first kappa shape index (κ1) is 16.0. The van der Waals surface area contributed by atoms with Crippen molar-refractivity contribution in [1.29, 1.82) is 0 Å². The fourth-order valence-corrected chi connectivity index (χ4v) is 3.72. The van der Waals surface area contributed by atoms with Crippen molar-refractivity contribution in [1.82, 2.24) is 15.2 Å². The molecule has 2 amide bonds. The van der Waals surface area contributed by atoms with Crippen LogP contribution in [0.5, 0.6) is 0 Å². The fraction of sp³-hybridized carbons (Fsp3) is 0.611. The number of likely N-dealkylation sites (tertiary alicyclic amines) is 1. The number of hydrogen-bond acceptors (Lipinski definition) is 3. The molecule has 0 radical (unpaired) electrons. The van der Waals surface area contributed by atoms with Crippen molar-refractivity contribution in [2.24, 2.45) is 0 Å². The van der Waals surface area contributed by atoms with E-state index in [1.807, 2.05) is 17.0 Å². The van der Waals surface area contributed by atoms with E-state index in [1.54, 1.807) is 12.4 Å². The Morgan fingerprint density at radius 3 is 2.74 bits per heavy atom. The van der Waals surface area contributed by atoms with Crippen LogP contribution in [0.3, 0.4) is 0 Å². The second-order valence-corrected chi connectivity index (χ2v) is 6.70. The molecule has 124 valence electrons. The maximum atomic E-state index is 12.3. The lowest BCUT2D eigenvalue weighted by atomic mass is 10.1. The number of nitrogens with zero attached hydrogens (tertiary/aromatic N) is 2. The largest absolute Gasteiger partial charge is 0.351 e. The molecule has 1 saturated carbocycles. The smallest absolute Gasteiger partial charge is 0.225 e.